The summed E-state index contributed by atoms with van der Waals surface area (Å²) in [5.74, 6) is -0.226. The van der Waals surface area contributed by atoms with Crippen molar-refractivity contribution in [1.29, 1.82) is 0 Å². The van der Waals surface area contributed by atoms with Crippen molar-refractivity contribution >= 4 is 46.1 Å². The maximum absolute atomic E-state index is 16.3. The van der Waals surface area contributed by atoms with Gasteiger partial charge >= 0.3 is 0 Å². The topological polar surface area (TPSA) is 102 Å². The van der Waals surface area contributed by atoms with Crippen LogP contribution in [0, 0.1) is 18.2 Å². The maximum atomic E-state index is 16.3. The lowest BCUT2D eigenvalue weighted by Crippen LogP contribution is -2.61. The van der Waals surface area contributed by atoms with Crippen molar-refractivity contribution in [3.05, 3.63) is 68.7 Å². The molecule has 1 fully saturated rings. The van der Waals surface area contributed by atoms with E-state index in [1.165, 1.54) is 21.8 Å². The molecule has 4 aliphatic rings. The molecule has 1 aromatic heterocycles. The summed E-state index contributed by atoms with van der Waals surface area (Å²) in [6.45, 7) is 6.18. The number of hydrogen-bond donors (Lipinski definition) is 2. The number of dihydropyridines is 1. The lowest BCUT2D eigenvalue weighted by Gasteiger charge is -2.45. The normalized spacial score (nSPS) is 25.3. The Hall–Kier alpha value is -3.71. The molecule has 1 aromatic carbocycles. The number of carbonyl (C=O) groups is 2. The van der Waals surface area contributed by atoms with Crippen LogP contribution in [-0.2, 0) is 22.4 Å². The standard InChI is InChI=1S/C34H42FN7O3S/c1-21-10-11-24(29(35)30(21)38-32(43)27-16-22-8-6-7-9-26(22)46-27)25-17-23(18-45-20-42(5)39-25)37-28-12-13-34(2,19-36-28)31-33(44)41(4)15-14-40(31)3/h10-13,16-17,31,39H,6-9,14-15,18-20H2,1-5H3,(H,38,43)/t31-,34?/m1/s1. The van der Waals surface area contributed by atoms with Crippen LogP contribution in [0.3, 0.4) is 0 Å². The zero-order valence-electron chi connectivity index (χ0n) is 27.2. The van der Waals surface area contributed by atoms with Gasteiger partial charge in [-0.25, -0.2) is 14.4 Å². The number of rotatable bonds is 4. The molecule has 12 heteroatoms. The number of thiophene rings is 1. The van der Waals surface area contributed by atoms with Gasteiger partial charge in [0.1, 0.15) is 12.6 Å². The Bertz CT molecular complexity index is 1640. The molecular weight excluding hydrogens is 605 g/mol. The molecule has 1 saturated heterocycles. The molecule has 2 amide bonds. The zero-order chi connectivity index (χ0) is 32.6. The van der Waals surface area contributed by atoms with E-state index in [4.69, 9.17) is 14.7 Å². The van der Waals surface area contributed by atoms with Crippen molar-refractivity contribution in [2.45, 2.75) is 45.6 Å². The highest BCUT2D eigenvalue weighted by Gasteiger charge is 2.44. The summed E-state index contributed by atoms with van der Waals surface area (Å²) in [6.07, 6.45) is 9.87. The number of halogens is 1. The lowest BCUT2D eigenvalue weighted by molar-refractivity contribution is -0.143. The third kappa shape index (κ3) is 6.57. The number of anilines is 1. The minimum atomic E-state index is -0.528. The molecule has 6 rings (SSSR count). The Balaban J connectivity index is 1.26. The molecule has 0 bridgehead atoms. The second kappa shape index (κ2) is 13.2. The molecule has 1 unspecified atom stereocenters. The Morgan fingerprint density at radius 1 is 1.22 bits per heavy atom. The number of fused-ring (bicyclic) bond motifs is 1. The number of piperazine rings is 1. The number of ether oxygens (including phenoxy) is 1. The van der Waals surface area contributed by atoms with E-state index in [2.05, 4.69) is 22.6 Å². The van der Waals surface area contributed by atoms with Gasteiger partial charge < -0.3 is 20.4 Å². The number of hydrogen-bond acceptors (Lipinski definition) is 9. The van der Waals surface area contributed by atoms with E-state index in [0.29, 0.717) is 46.3 Å². The smallest absolute Gasteiger partial charge is 0.265 e. The summed E-state index contributed by atoms with van der Waals surface area (Å²) in [4.78, 5) is 41.6. The summed E-state index contributed by atoms with van der Waals surface area (Å²) in [6, 6.07) is 5.16. The van der Waals surface area contributed by atoms with Crippen LogP contribution in [0.2, 0.25) is 0 Å². The van der Waals surface area contributed by atoms with Gasteiger partial charge in [0, 0.05) is 43.0 Å². The van der Waals surface area contributed by atoms with Crippen LogP contribution in [0.4, 0.5) is 10.1 Å². The number of hydrazine groups is 1. The van der Waals surface area contributed by atoms with Gasteiger partial charge in [-0.05, 0) is 75.1 Å². The van der Waals surface area contributed by atoms with E-state index in [1.54, 1.807) is 42.1 Å². The molecule has 2 atom stereocenters. The molecule has 0 spiro atoms. The zero-order valence-corrected chi connectivity index (χ0v) is 28.0. The van der Waals surface area contributed by atoms with Gasteiger partial charge in [0.05, 0.1) is 41.2 Å². The molecule has 46 heavy (non-hydrogen) atoms. The number of amidine groups is 1. The molecular formula is C34H42FN7O3S. The third-order valence-corrected chi connectivity index (χ3v) is 10.4. The fourth-order valence-electron chi connectivity index (χ4n) is 6.53. The number of likely N-dealkylation sites (N-methyl/N-ethyl adjacent to an activating group) is 2. The van der Waals surface area contributed by atoms with E-state index >= 15 is 4.39 Å². The average Bonchev–Trinajstić information content (AvgIpc) is 3.46. The maximum Gasteiger partial charge on any atom is 0.265 e. The molecule has 1 aliphatic carbocycles. The SMILES string of the molecule is Cc1ccc(C2=CC(=NC3=NCC(C)([C@H]4C(=O)N(C)CCN4C)C=C3)COCN(C)N2)c(F)c1NC(=O)c1cc2c(s1)CCCC2. The molecule has 10 nitrogen and oxygen atoms in total. The highest BCUT2D eigenvalue weighted by Crippen LogP contribution is 2.34. The van der Waals surface area contributed by atoms with Crippen molar-refractivity contribution < 1.29 is 18.7 Å². The number of amides is 2. The second-order valence-corrected chi connectivity index (χ2v) is 14.1. The van der Waals surface area contributed by atoms with E-state index in [-0.39, 0.29) is 36.9 Å². The summed E-state index contributed by atoms with van der Waals surface area (Å²) in [5, 5.41) is 4.57. The van der Waals surface area contributed by atoms with Gasteiger partial charge in [-0.15, -0.1) is 11.3 Å². The number of aryl methyl sites for hydroxylation is 3. The predicted molar refractivity (Wildman–Crippen MR) is 181 cm³/mol. The largest absolute Gasteiger partial charge is 0.358 e. The van der Waals surface area contributed by atoms with Crippen LogP contribution in [-0.4, -0.2) is 98.3 Å². The van der Waals surface area contributed by atoms with Gasteiger partial charge in [-0.2, -0.15) is 0 Å². The number of aliphatic imine (C=N–C) groups is 2. The molecule has 0 saturated carbocycles. The summed E-state index contributed by atoms with van der Waals surface area (Å²) in [5.41, 5.74) is 6.09. The molecule has 2 aromatic rings. The predicted octanol–water partition coefficient (Wildman–Crippen LogP) is 4.28. The Labute approximate surface area is 273 Å². The highest BCUT2D eigenvalue weighted by molar-refractivity contribution is 7.14. The number of nitrogens with one attached hydrogen (secondary N) is 2. The minimum absolute atomic E-state index is 0.0900. The fourth-order valence-corrected chi connectivity index (χ4v) is 7.68. The fraction of sp³-hybridized carbons (Fsp3) is 0.471. The first-order valence-corrected chi connectivity index (χ1v) is 16.6. The van der Waals surface area contributed by atoms with Crippen LogP contribution in [0.15, 0.2) is 46.4 Å². The van der Waals surface area contributed by atoms with Crippen molar-refractivity contribution in [2.75, 3.05) is 59.4 Å². The van der Waals surface area contributed by atoms with Crippen LogP contribution in [0.25, 0.3) is 5.70 Å². The summed E-state index contributed by atoms with van der Waals surface area (Å²) in [7, 11) is 5.62. The number of nitrogens with zero attached hydrogens (tertiary/aromatic N) is 5. The lowest BCUT2D eigenvalue weighted by atomic mass is 9.78. The first-order valence-electron chi connectivity index (χ1n) is 15.8. The van der Waals surface area contributed by atoms with E-state index in [1.807, 2.05) is 32.3 Å². The summed E-state index contributed by atoms with van der Waals surface area (Å²) >= 11 is 1.50. The van der Waals surface area contributed by atoms with Gasteiger partial charge in [-0.1, -0.05) is 19.1 Å². The first kappa shape index (κ1) is 32.2. The van der Waals surface area contributed by atoms with Crippen molar-refractivity contribution in [1.82, 2.24) is 20.2 Å². The Morgan fingerprint density at radius 3 is 2.78 bits per heavy atom. The van der Waals surface area contributed by atoms with Crippen LogP contribution in [0.1, 0.15) is 51.0 Å². The molecule has 3 aliphatic heterocycles. The van der Waals surface area contributed by atoms with Crippen molar-refractivity contribution in [3.63, 3.8) is 0 Å². The van der Waals surface area contributed by atoms with Gasteiger partial charge in [0.15, 0.2) is 5.82 Å². The average molecular weight is 648 g/mol. The van der Waals surface area contributed by atoms with Crippen LogP contribution in [0.5, 0.6) is 0 Å². The minimum Gasteiger partial charge on any atom is -0.358 e. The van der Waals surface area contributed by atoms with Crippen molar-refractivity contribution in [2.24, 2.45) is 15.4 Å². The Kier molecular flexibility index (Phi) is 9.24. The van der Waals surface area contributed by atoms with Crippen molar-refractivity contribution in [3.8, 4) is 0 Å². The monoisotopic (exact) mass is 647 g/mol. The van der Waals surface area contributed by atoms with Gasteiger partial charge in [-0.3, -0.25) is 19.5 Å². The molecule has 2 N–H and O–H groups in total. The highest BCUT2D eigenvalue weighted by atomic mass is 32.1. The summed E-state index contributed by atoms with van der Waals surface area (Å²) < 4.78 is 22.1. The molecule has 244 valence electrons. The Morgan fingerprint density at radius 2 is 2.02 bits per heavy atom. The van der Waals surface area contributed by atoms with Gasteiger partial charge in [0.2, 0.25) is 5.91 Å². The van der Waals surface area contributed by atoms with Crippen LogP contribution >= 0.6 is 11.3 Å². The quantitative estimate of drug-likeness (QED) is 0.514. The first-order chi connectivity index (χ1) is 22.0. The van der Waals surface area contributed by atoms with E-state index < -0.39 is 11.2 Å². The van der Waals surface area contributed by atoms with Gasteiger partial charge in [0.25, 0.3) is 5.91 Å². The molecule has 4 heterocycles. The van der Waals surface area contributed by atoms with E-state index in [9.17, 15) is 9.59 Å². The molecule has 0 radical (unpaired) electrons. The number of benzene rings is 1. The van der Waals surface area contributed by atoms with E-state index in [0.717, 1.165) is 32.2 Å². The van der Waals surface area contributed by atoms with Crippen LogP contribution < -0.4 is 10.7 Å². The number of carbonyl (C=O) groups excluding carboxylic acids is 2. The third-order valence-electron chi connectivity index (χ3n) is 9.17. The second-order valence-electron chi connectivity index (χ2n) is 12.9.